The van der Waals surface area contributed by atoms with Gasteiger partial charge in [0.1, 0.15) is 5.82 Å². The van der Waals surface area contributed by atoms with Crippen LogP contribution in [0.4, 0.5) is 4.39 Å². The lowest BCUT2D eigenvalue weighted by Crippen LogP contribution is -2.29. The molecule has 1 heterocycles. The molecule has 2 rings (SSSR count). The van der Waals surface area contributed by atoms with Gasteiger partial charge in [0, 0.05) is 15.3 Å². The second-order valence-electron chi connectivity index (χ2n) is 3.90. The average Bonchev–Trinajstić information content (AvgIpc) is 2.84. The van der Waals surface area contributed by atoms with Crippen molar-refractivity contribution in [2.75, 3.05) is 0 Å². The molecule has 5 heteroatoms. The number of hydrogen-bond donors (Lipinski definition) is 2. The Balaban J connectivity index is 2.41. The summed E-state index contributed by atoms with van der Waals surface area (Å²) in [5.41, 5.74) is 3.24. The van der Waals surface area contributed by atoms with Crippen LogP contribution in [0.2, 0.25) is 0 Å². The maximum absolute atomic E-state index is 14.1. The lowest BCUT2D eigenvalue weighted by molar-refractivity contribution is 0.560. The predicted molar refractivity (Wildman–Crippen MR) is 77.0 cm³/mol. The maximum atomic E-state index is 14.1. The summed E-state index contributed by atoms with van der Waals surface area (Å²) in [6.07, 6.45) is 0.975. The topological polar surface area (TPSA) is 38.0 Å². The molecule has 3 N–H and O–H groups in total. The van der Waals surface area contributed by atoms with Crippen LogP contribution in [-0.4, -0.2) is 0 Å². The van der Waals surface area contributed by atoms with Crippen LogP contribution in [0, 0.1) is 5.82 Å². The van der Waals surface area contributed by atoms with Gasteiger partial charge < -0.3 is 0 Å². The zero-order valence-corrected chi connectivity index (χ0v) is 12.3. The largest absolute Gasteiger partial charge is 0.271 e. The van der Waals surface area contributed by atoms with E-state index < -0.39 is 0 Å². The number of hydrazine groups is 1. The summed E-state index contributed by atoms with van der Waals surface area (Å²) in [5, 5.41) is 0. The van der Waals surface area contributed by atoms with Crippen LogP contribution < -0.4 is 11.3 Å². The van der Waals surface area contributed by atoms with Crippen LogP contribution in [-0.2, 0) is 6.42 Å². The van der Waals surface area contributed by atoms with Gasteiger partial charge in [-0.05, 0) is 40.5 Å². The third-order valence-corrected chi connectivity index (χ3v) is 4.68. The Kier molecular flexibility index (Phi) is 4.50. The molecule has 0 aliphatic rings. The number of hydrogen-bond acceptors (Lipinski definition) is 3. The summed E-state index contributed by atoms with van der Waals surface area (Å²) in [6, 6.07) is 8.97. The van der Waals surface area contributed by atoms with Crippen molar-refractivity contribution < 1.29 is 4.39 Å². The molecule has 2 nitrogen and oxygen atoms in total. The molecule has 0 fully saturated rings. The zero-order valence-electron chi connectivity index (χ0n) is 9.91. The smallest absolute Gasteiger partial charge is 0.142 e. The number of aryl methyl sites for hydroxylation is 1. The van der Waals surface area contributed by atoms with Crippen molar-refractivity contribution in [2.24, 2.45) is 5.84 Å². The Labute approximate surface area is 118 Å². The average molecular weight is 329 g/mol. The normalized spacial score (nSPS) is 12.7. The Bertz CT molecular complexity index is 542. The summed E-state index contributed by atoms with van der Waals surface area (Å²) in [4.78, 5) is 2.28. The highest BCUT2D eigenvalue weighted by atomic mass is 79.9. The van der Waals surface area contributed by atoms with Gasteiger partial charge in [0.05, 0.1) is 10.5 Å². The van der Waals surface area contributed by atoms with E-state index in [9.17, 15) is 4.39 Å². The van der Waals surface area contributed by atoms with E-state index >= 15 is 0 Å². The second kappa shape index (κ2) is 5.93. The van der Waals surface area contributed by atoms with E-state index in [0.29, 0.717) is 10.0 Å². The number of thiophene rings is 1. The summed E-state index contributed by atoms with van der Waals surface area (Å²) in [7, 11) is 0. The first-order valence-corrected chi connectivity index (χ1v) is 7.27. The first-order chi connectivity index (χ1) is 8.67. The molecule has 0 bridgehead atoms. The molecule has 2 aromatic rings. The summed E-state index contributed by atoms with van der Waals surface area (Å²) in [5.74, 6) is 5.31. The minimum absolute atomic E-state index is 0.271. The Morgan fingerprint density at radius 1 is 1.39 bits per heavy atom. The fraction of sp³-hybridized carbons (Fsp3) is 0.231. The minimum atomic E-state index is -0.312. The molecule has 0 aliphatic heterocycles. The molecule has 96 valence electrons. The van der Waals surface area contributed by atoms with Gasteiger partial charge in [-0.25, -0.2) is 9.82 Å². The lowest BCUT2D eigenvalue weighted by atomic mass is 10.1. The van der Waals surface area contributed by atoms with E-state index in [-0.39, 0.29) is 11.9 Å². The molecule has 1 aromatic carbocycles. The van der Waals surface area contributed by atoms with Gasteiger partial charge in [-0.1, -0.05) is 19.1 Å². The fourth-order valence-electron chi connectivity index (χ4n) is 1.81. The molecule has 0 aliphatic carbocycles. The summed E-state index contributed by atoms with van der Waals surface area (Å²) >= 11 is 4.85. The molecular weight excluding hydrogens is 315 g/mol. The molecule has 1 atom stereocenters. The standard InChI is InChI=1S/C13H14BrFN2S/c1-2-8-6-7-11(18-8)13(17-16)9-4-3-5-10(14)12(9)15/h3-7,13,17H,2,16H2,1H3. The highest BCUT2D eigenvalue weighted by Gasteiger charge is 2.19. The van der Waals surface area contributed by atoms with Gasteiger partial charge in [-0.15, -0.1) is 11.3 Å². The van der Waals surface area contributed by atoms with E-state index in [1.807, 2.05) is 6.07 Å². The van der Waals surface area contributed by atoms with Crippen molar-refractivity contribution in [3.8, 4) is 0 Å². The van der Waals surface area contributed by atoms with Gasteiger partial charge in [0.2, 0.25) is 0 Å². The van der Waals surface area contributed by atoms with Crippen molar-refractivity contribution in [1.82, 2.24) is 5.43 Å². The number of rotatable bonds is 4. The van der Waals surface area contributed by atoms with E-state index in [0.717, 1.165) is 11.3 Å². The maximum Gasteiger partial charge on any atom is 0.142 e. The van der Waals surface area contributed by atoms with Crippen LogP contribution in [0.15, 0.2) is 34.8 Å². The van der Waals surface area contributed by atoms with Crippen LogP contribution in [0.3, 0.4) is 0 Å². The molecule has 0 saturated carbocycles. The number of benzene rings is 1. The van der Waals surface area contributed by atoms with Crippen molar-refractivity contribution in [3.05, 3.63) is 55.9 Å². The summed E-state index contributed by atoms with van der Waals surface area (Å²) in [6.45, 7) is 2.10. The lowest BCUT2D eigenvalue weighted by Gasteiger charge is -2.16. The van der Waals surface area contributed by atoms with Gasteiger partial charge in [-0.3, -0.25) is 5.84 Å². The molecule has 0 spiro atoms. The van der Waals surface area contributed by atoms with E-state index in [1.54, 1.807) is 29.5 Å². The molecule has 0 amide bonds. The van der Waals surface area contributed by atoms with Gasteiger partial charge in [0.25, 0.3) is 0 Å². The van der Waals surface area contributed by atoms with Crippen molar-refractivity contribution in [1.29, 1.82) is 0 Å². The Hall–Kier alpha value is -0.750. The number of nitrogens with one attached hydrogen (secondary N) is 1. The molecular formula is C13H14BrFN2S. The Morgan fingerprint density at radius 3 is 2.78 bits per heavy atom. The number of nitrogens with two attached hydrogens (primary N) is 1. The van der Waals surface area contributed by atoms with Crippen LogP contribution in [0.25, 0.3) is 0 Å². The van der Waals surface area contributed by atoms with E-state index in [1.165, 1.54) is 4.88 Å². The fourth-order valence-corrected chi connectivity index (χ4v) is 3.22. The molecule has 1 unspecified atom stereocenters. The quantitative estimate of drug-likeness (QED) is 0.662. The van der Waals surface area contributed by atoms with Gasteiger partial charge >= 0.3 is 0 Å². The van der Waals surface area contributed by atoms with E-state index in [2.05, 4.69) is 34.3 Å². The van der Waals surface area contributed by atoms with Crippen molar-refractivity contribution >= 4 is 27.3 Å². The van der Waals surface area contributed by atoms with E-state index in [4.69, 9.17) is 5.84 Å². The third kappa shape index (κ3) is 2.64. The predicted octanol–water partition coefficient (Wildman–Crippen LogP) is 3.76. The van der Waals surface area contributed by atoms with Crippen LogP contribution in [0.5, 0.6) is 0 Å². The minimum Gasteiger partial charge on any atom is -0.271 e. The molecule has 1 aromatic heterocycles. The first-order valence-electron chi connectivity index (χ1n) is 5.66. The van der Waals surface area contributed by atoms with Crippen LogP contribution >= 0.6 is 27.3 Å². The highest BCUT2D eigenvalue weighted by molar-refractivity contribution is 9.10. The molecule has 0 saturated heterocycles. The highest BCUT2D eigenvalue weighted by Crippen LogP contribution is 2.31. The molecule has 0 radical (unpaired) electrons. The first kappa shape index (κ1) is 13.7. The van der Waals surface area contributed by atoms with Crippen molar-refractivity contribution in [2.45, 2.75) is 19.4 Å². The SMILES string of the molecule is CCc1ccc(C(NN)c2cccc(Br)c2F)s1. The number of halogens is 2. The van der Waals surface area contributed by atoms with Gasteiger partial charge in [-0.2, -0.15) is 0 Å². The third-order valence-electron chi connectivity index (χ3n) is 2.77. The Morgan fingerprint density at radius 2 is 2.17 bits per heavy atom. The molecule has 18 heavy (non-hydrogen) atoms. The monoisotopic (exact) mass is 328 g/mol. The zero-order chi connectivity index (χ0) is 13.1. The second-order valence-corrected chi connectivity index (χ2v) is 5.95. The van der Waals surface area contributed by atoms with Crippen LogP contribution in [0.1, 0.15) is 28.3 Å². The van der Waals surface area contributed by atoms with Gasteiger partial charge in [0.15, 0.2) is 0 Å². The van der Waals surface area contributed by atoms with Crippen molar-refractivity contribution in [3.63, 3.8) is 0 Å². The summed E-state index contributed by atoms with van der Waals surface area (Å²) < 4.78 is 14.5.